The van der Waals surface area contributed by atoms with Crippen molar-refractivity contribution in [2.45, 2.75) is 13.8 Å². The molecule has 0 fully saturated rings. The number of rotatable bonds is 7. The second kappa shape index (κ2) is 8.78. The van der Waals surface area contributed by atoms with Crippen molar-refractivity contribution >= 4 is 18.1 Å². The van der Waals surface area contributed by atoms with Crippen LogP contribution in [-0.4, -0.2) is 55.5 Å². The van der Waals surface area contributed by atoms with E-state index in [4.69, 9.17) is 15.2 Å². The first-order chi connectivity index (χ1) is 8.93. The van der Waals surface area contributed by atoms with Gasteiger partial charge in [0.05, 0.1) is 13.2 Å². The average Bonchev–Trinajstić information content (AvgIpc) is 2.29. The average molecular weight is 272 g/mol. The normalized spacial score (nSPS) is 13.2. The lowest BCUT2D eigenvalue weighted by atomic mass is 10.2. The fraction of sp³-hybridized carbons (Fsp3) is 0.545. The number of esters is 1. The van der Waals surface area contributed by atoms with Gasteiger partial charge >= 0.3 is 5.97 Å². The van der Waals surface area contributed by atoms with Crippen molar-refractivity contribution in [2.24, 2.45) is 15.9 Å². The molecule has 0 saturated heterocycles. The number of aliphatic hydroxyl groups is 1. The predicted molar refractivity (Wildman–Crippen MR) is 71.7 cm³/mol. The zero-order valence-electron chi connectivity index (χ0n) is 11.6. The third-order valence-electron chi connectivity index (χ3n) is 1.68. The first kappa shape index (κ1) is 16.8. The molecule has 0 spiro atoms. The van der Waals surface area contributed by atoms with Crippen LogP contribution in [0.5, 0.6) is 0 Å². The summed E-state index contributed by atoms with van der Waals surface area (Å²) < 4.78 is 9.59. The van der Waals surface area contributed by atoms with Crippen LogP contribution in [0.15, 0.2) is 21.7 Å². The van der Waals surface area contributed by atoms with E-state index in [1.165, 1.54) is 6.34 Å². The summed E-state index contributed by atoms with van der Waals surface area (Å²) in [5.74, 6) is -1.75. The van der Waals surface area contributed by atoms with Crippen LogP contribution in [0.25, 0.3) is 0 Å². The minimum absolute atomic E-state index is 0.135. The Hall–Kier alpha value is -2.25. The standard InChI is InChI=1S/C11H20N4O4/c1-5-18-10(16)8(11(17)19-6-2)9(12)14-13-7-15(3)4/h7,16H,5-6H2,1-4H3,(H2,12,14). The summed E-state index contributed by atoms with van der Waals surface area (Å²) in [5, 5.41) is 16.8. The third kappa shape index (κ3) is 6.29. The highest BCUT2D eigenvalue weighted by Gasteiger charge is 2.22. The molecular formula is C11H20N4O4. The second-order valence-corrected chi connectivity index (χ2v) is 3.51. The molecule has 0 aliphatic rings. The highest BCUT2D eigenvalue weighted by molar-refractivity contribution is 6.18. The van der Waals surface area contributed by atoms with Gasteiger partial charge in [-0.25, -0.2) is 4.79 Å². The number of aliphatic hydroxyl groups excluding tert-OH is 1. The van der Waals surface area contributed by atoms with Gasteiger partial charge in [-0.15, -0.1) is 10.2 Å². The van der Waals surface area contributed by atoms with Crippen molar-refractivity contribution in [1.82, 2.24) is 4.90 Å². The fourth-order valence-corrected chi connectivity index (χ4v) is 0.955. The highest BCUT2D eigenvalue weighted by Crippen LogP contribution is 2.07. The van der Waals surface area contributed by atoms with Gasteiger partial charge in [-0.05, 0) is 13.8 Å². The number of nitrogens with two attached hydrogens (primary N) is 1. The summed E-state index contributed by atoms with van der Waals surface area (Å²) in [6.07, 6.45) is 1.38. The van der Waals surface area contributed by atoms with Crippen LogP contribution in [0.1, 0.15) is 13.8 Å². The van der Waals surface area contributed by atoms with E-state index in [2.05, 4.69) is 10.2 Å². The zero-order valence-corrected chi connectivity index (χ0v) is 11.6. The van der Waals surface area contributed by atoms with Gasteiger partial charge in [-0.1, -0.05) is 0 Å². The van der Waals surface area contributed by atoms with Crippen molar-refractivity contribution < 1.29 is 19.4 Å². The zero-order chi connectivity index (χ0) is 14.8. The van der Waals surface area contributed by atoms with Crippen molar-refractivity contribution in [3.05, 3.63) is 11.5 Å². The molecular weight excluding hydrogens is 252 g/mol. The second-order valence-electron chi connectivity index (χ2n) is 3.51. The molecule has 0 aliphatic heterocycles. The predicted octanol–water partition coefficient (Wildman–Crippen LogP) is 0.218. The number of hydrogen-bond acceptors (Lipinski definition) is 6. The molecule has 0 saturated carbocycles. The Kier molecular flexibility index (Phi) is 7.74. The molecule has 0 aromatic carbocycles. The molecule has 19 heavy (non-hydrogen) atoms. The monoisotopic (exact) mass is 272 g/mol. The molecule has 108 valence electrons. The van der Waals surface area contributed by atoms with Crippen LogP contribution in [-0.2, 0) is 14.3 Å². The minimum atomic E-state index is -0.824. The lowest BCUT2D eigenvalue weighted by Crippen LogP contribution is -2.25. The number of hydrogen-bond donors (Lipinski definition) is 2. The minimum Gasteiger partial charge on any atom is -0.480 e. The summed E-state index contributed by atoms with van der Waals surface area (Å²) in [6, 6.07) is 0. The van der Waals surface area contributed by atoms with Crippen molar-refractivity contribution in [3.8, 4) is 0 Å². The van der Waals surface area contributed by atoms with E-state index in [-0.39, 0.29) is 24.6 Å². The van der Waals surface area contributed by atoms with E-state index in [0.29, 0.717) is 0 Å². The maximum absolute atomic E-state index is 11.7. The summed E-state index contributed by atoms with van der Waals surface area (Å²) in [4.78, 5) is 13.3. The van der Waals surface area contributed by atoms with Gasteiger partial charge in [0.2, 0.25) is 0 Å². The van der Waals surface area contributed by atoms with Gasteiger partial charge < -0.3 is 25.2 Å². The van der Waals surface area contributed by atoms with Gasteiger partial charge in [-0.3, -0.25) is 0 Å². The maximum atomic E-state index is 11.7. The molecule has 0 heterocycles. The van der Waals surface area contributed by atoms with Crippen LogP contribution in [0.3, 0.4) is 0 Å². The first-order valence-corrected chi connectivity index (χ1v) is 5.70. The van der Waals surface area contributed by atoms with Crippen LogP contribution in [0.2, 0.25) is 0 Å². The molecule has 0 rings (SSSR count). The molecule has 0 amide bonds. The van der Waals surface area contributed by atoms with E-state index in [1.54, 1.807) is 32.8 Å². The van der Waals surface area contributed by atoms with Gasteiger partial charge in [0, 0.05) is 14.1 Å². The Balaban J connectivity index is 5.25. The summed E-state index contributed by atoms with van der Waals surface area (Å²) >= 11 is 0. The Labute approximate surface area is 112 Å². The molecule has 0 atom stereocenters. The fourth-order valence-electron chi connectivity index (χ4n) is 0.955. The summed E-state index contributed by atoms with van der Waals surface area (Å²) in [7, 11) is 3.49. The summed E-state index contributed by atoms with van der Waals surface area (Å²) in [6.45, 7) is 3.58. The van der Waals surface area contributed by atoms with Gasteiger partial charge in [0.15, 0.2) is 11.4 Å². The van der Waals surface area contributed by atoms with Crippen LogP contribution < -0.4 is 5.73 Å². The maximum Gasteiger partial charge on any atom is 0.349 e. The number of ether oxygens (including phenoxy) is 2. The van der Waals surface area contributed by atoms with Crippen molar-refractivity contribution in [2.75, 3.05) is 27.3 Å². The smallest absolute Gasteiger partial charge is 0.349 e. The number of nitrogens with zero attached hydrogens (tertiary/aromatic N) is 3. The van der Waals surface area contributed by atoms with Crippen molar-refractivity contribution in [1.29, 1.82) is 0 Å². The molecule has 0 radical (unpaired) electrons. The van der Waals surface area contributed by atoms with E-state index < -0.39 is 11.9 Å². The van der Waals surface area contributed by atoms with E-state index in [9.17, 15) is 9.90 Å². The quantitative estimate of drug-likeness (QED) is 0.171. The number of amidine groups is 1. The SMILES string of the molecule is CCOC(=O)C(C(N)=NN=CN(C)C)=C(O)OCC. The lowest BCUT2D eigenvalue weighted by Gasteiger charge is -2.08. The molecule has 8 nitrogen and oxygen atoms in total. The lowest BCUT2D eigenvalue weighted by molar-refractivity contribution is -0.138. The Bertz CT molecular complexity index is 388. The third-order valence-corrected chi connectivity index (χ3v) is 1.68. The topological polar surface area (TPSA) is 110 Å². The van der Waals surface area contributed by atoms with Crippen LogP contribution in [0, 0.1) is 0 Å². The molecule has 0 aromatic heterocycles. The van der Waals surface area contributed by atoms with E-state index in [1.807, 2.05) is 0 Å². The molecule has 3 N–H and O–H groups in total. The van der Waals surface area contributed by atoms with E-state index in [0.717, 1.165) is 0 Å². The van der Waals surface area contributed by atoms with Crippen LogP contribution >= 0.6 is 0 Å². The van der Waals surface area contributed by atoms with Crippen LogP contribution in [0.4, 0.5) is 0 Å². The highest BCUT2D eigenvalue weighted by atomic mass is 16.6. The van der Waals surface area contributed by atoms with Crippen molar-refractivity contribution in [3.63, 3.8) is 0 Å². The molecule has 0 aromatic rings. The number of carbonyl (C=O) groups is 1. The van der Waals surface area contributed by atoms with Gasteiger partial charge in [0.1, 0.15) is 6.34 Å². The Morgan fingerprint density at radius 3 is 2.37 bits per heavy atom. The van der Waals surface area contributed by atoms with Gasteiger partial charge in [-0.2, -0.15) is 0 Å². The Morgan fingerprint density at radius 2 is 1.89 bits per heavy atom. The molecule has 0 unspecified atom stereocenters. The largest absolute Gasteiger partial charge is 0.480 e. The molecule has 0 bridgehead atoms. The summed E-state index contributed by atoms with van der Waals surface area (Å²) in [5.41, 5.74) is 5.24. The first-order valence-electron chi connectivity index (χ1n) is 5.70. The molecule has 0 aliphatic carbocycles. The van der Waals surface area contributed by atoms with E-state index >= 15 is 0 Å². The molecule has 8 heteroatoms. The Morgan fingerprint density at radius 1 is 1.32 bits per heavy atom. The number of carbonyl (C=O) groups excluding carboxylic acids is 1. The van der Waals surface area contributed by atoms with Gasteiger partial charge in [0.25, 0.3) is 5.95 Å².